The van der Waals surface area contributed by atoms with Crippen LogP contribution < -0.4 is 5.32 Å². The van der Waals surface area contributed by atoms with Crippen LogP contribution in [0, 0.1) is 5.92 Å². The van der Waals surface area contributed by atoms with Gasteiger partial charge in [0.05, 0.1) is 23.2 Å². The van der Waals surface area contributed by atoms with Crippen molar-refractivity contribution in [1.82, 2.24) is 4.90 Å². The summed E-state index contributed by atoms with van der Waals surface area (Å²) < 4.78 is 5.56. The summed E-state index contributed by atoms with van der Waals surface area (Å²) in [7, 11) is 0. The normalized spacial score (nSPS) is 24.3. The number of nitrogens with one attached hydrogen (secondary N) is 1. The van der Waals surface area contributed by atoms with Crippen molar-refractivity contribution in [2.75, 3.05) is 5.32 Å². The predicted molar refractivity (Wildman–Crippen MR) is 148 cm³/mol. The zero-order valence-electron chi connectivity index (χ0n) is 20.3. The molecule has 0 saturated carbocycles. The molecule has 4 heterocycles. The summed E-state index contributed by atoms with van der Waals surface area (Å²) in [5.41, 5.74) is 1.83. The Labute approximate surface area is 233 Å². The Morgan fingerprint density at radius 2 is 1.72 bits per heavy atom. The van der Waals surface area contributed by atoms with E-state index in [1.165, 1.54) is 12.3 Å². The maximum absolute atomic E-state index is 14.5. The number of hydrogen-bond donors (Lipinski definition) is 1. The fraction of sp³-hybridized carbons (Fsp3) is 0.129. The second-order valence-electron chi connectivity index (χ2n) is 9.92. The van der Waals surface area contributed by atoms with E-state index >= 15 is 0 Å². The van der Waals surface area contributed by atoms with Crippen LogP contribution in [0.3, 0.4) is 0 Å². The van der Waals surface area contributed by atoms with E-state index in [0.29, 0.717) is 16.3 Å². The van der Waals surface area contributed by atoms with Crippen molar-refractivity contribution < 1.29 is 18.8 Å². The minimum atomic E-state index is -1.43. The number of halogens is 2. The molecule has 3 aromatic carbocycles. The monoisotopic (exact) mass is 554 g/mol. The van der Waals surface area contributed by atoms with Gasteiger partial charge in [-0.25, -0.2) is 0 Å². The zero-order valence-corrected chi connectivity index (χ0v) is 21.8. The average molecular weight is 555 g/mol. The van der Waals surface area contributed by atoms with Gasteiger partial charge in [-0.15, -0.1) is 0 Å². The number of hydrogen-bond acceptors (Lipinski definition) is 5. The summed E-state index contributed by atoms with van der Waals surface area (Å²) in [6, 6.07) is 21.2. The second-order valence-corrected chi connectivity index (χ2v) is 10.8. The highest BCUT2D eigenvalue weighted by Gasteiger charge is 2.71. The SMILES string of the molecule is O=C(c1ccco1)[C@@H]1[C@H](C(=O)c2ccc(Cl)cc2Cl)N2C=Cc3ccccc3[C@H]2[C@]12C(=O)Nc1ccccc12. The molecule has 0 bridgehead atoms. The van der Waals surface area contributed by atoms with E-state index in [4.69, 9.17) is 27.6 Å². The molecule has 3 aliphatic heterocycles. The first-order valence-corrected chi connectivity index (χ1v) is 13.2. The van der Waals surface area contributed by atoms with Crippen molar-refractivity contribution in [3.05, 3.63) is 129 Å². The van der Waals surface area contributed by atoms with Crippen molar-refractivity contribution in [2.45, 2.75) is 17.5 Å². The fourth-order valence-corrected chi connectivity index (χ4v) is 7.09. The maximum Gasteiger partial charge on any atom is 0.238 e. The number of ketones is 2. The number of carbonyl (C=O) groups excluding carboxylic acids is 3. The number of fused-ring (bicyclic) bond motifs is 6. The third-order valence-corrected chi connectivity index (χ3v) is 8.63. The van der Waals surface area contributed by atoms with Crippen molar-refractivity contribution in [3.63, 3.8) is 0 Å². The maximum atomic E-state index is 14.5. The van der Waals surface area contributed by atoms with Crippen molar-refractivity contribution in [3.8, 4) is 0 Å². The molecule has 1 amide bonds. The first kappa shape index (κ1) is 23.9. The molecule has 0 aliphatic carbocycles. The Bertz CT molecular complexity index is 1710. The number of benzene rings is 3. The van der Waals surface area contributed by atoms with Gasteiger partial charge in [-0.3, -0.25) is 14.4 Å². The fourth-order valence-electron chi connectivity index (χ4n) is 6.59. The summed E-state index contributed by atoms with van der Waals surface area (Å²) in [6.45, 7) is 0. The van der Waals surface area contributed by atoms with Crippen molar-refractivity contribution >= 4 is 52.4 Å². The molecule has 8 heteroatoms. The van der Waals surface area contributed by atoms with Crippen LogP contribution in [0.2, 0.25) is 10.0 Å². The highest BCUT2D eigenvalue weighted by Crippen LogP contribution is 2.62. The van der Waals surface area contributed by atoms with Crippen LogP contribution >= 0.6 is 23.2 Å². The van der Waals surface area contributed by atoms with Crippen LogP contribution in [-0.4, -0.2) is 28.4 Å². The summed E-state index contributed by atoms with van der Waals surface area (Å²) in [6.07, 6.45) is 5.12. The number of rotatable bonds is 4. The third kappa shape index (κ3) is 3.25. The van der Waals surface area contributed by atoms with Crippen LogP contribution in [-0.2, 0) is 10.2 Å². The highest BCUT2D eigenvalue weighted by molar-refractivity contribution is 6.37. The molecule has 7 rings (SSSR count). The summed E-state index contributed by atoms with van der Waals surface area (Å²) in [5, 5.41) is 3.57. The molecule has 6 nitrogen and oxygen atoms in total. The molecule has 1 N–H and O–H groups in total. The second kappa shape index (κ2) is 8.70. The quantitative estimate of drug-likeness (QED) is 0.288. The number of amides is 1. The number of Topliss-reactive ketones (excluding diaryl/α,β-unsaturated/α-hetero) is 2. The topological polar surface area (TPSA) is 79.6 Å². The van der Waals surface area contributed by atoms with E-state index in [1.54, 1.807) is 24.3 Å². The molecule has 4 aromatic rings. The van der Waals surface area contributed by atoms with Gasteiger partial charge in [0.2, 0.25) is 11.7 Å². The molecular weight excluding hydrogens is 535 g/mol. The van der Waals surface area contributed by atoms with Gasteiger partial charge in [0.1, 0.15) is 11.5 Å². The Kier molecular flexibility index (Phi) is 5.34. The first-order chi connectivity index (χ1) is 18.9. The van der Waals surface area contributed by atoms with E-state index in [2.05, 4.69) is 5.32 Å². The van der Waals surface area contributed by atoms with E-state index in [9.17, 15) is 14.4 Å². The lowest BCUT2D eigenvalue weighted by molar-refractivity contribution is -0.122. The minimum Gasteiger partial charge on any atom is -0.461 e. The van der Waals surface area contributed by atoms with E-state index < -0.39 is 29.2 Å². The zero-order chi connectivity index (χ0) is 26.9. The first-order valence-electron chi connectivity index (χ1n) is 12.5. The molecular formula is C31H20Cl2N2O4. The molecule has 1 fully saturated rings. The number of para-hydroxylation sites is 1. The highest BCUT2D eigenvalue weighted by atomic mass is 35.5. The lowest BCUT2D eigenvalue weighted by Gasteiger charge is -2.38. The van der Waals surface area contributed by atoms with Gasteiger partial charge in [-0.2, -0.15) is 0 Å². The van der Waals surface area contributed by atoms with Crippen LogP contribution in [0.25, 0.3) is 6.08 Å². The largest absolute Gasteiger partial charge is 0.461 e. The van der Waals surface area contributed by atoms with Crippen molar-refractivity contribution in [1.29, 1.82) is 0 Å². The third-order valence-electron chi connectivity index (χ3n) is 8.08. The van der Waals surface area contributed by atoms with Crippen LogP contribution in [0.5, 0.6) is 0 Å². The summed E-state index contributed by atoms with van der Waals surface area (Å²) in [4.78, 5) is 45.1. The molecule has 3 aliphatic rings. The smallest absolute Gasteiger partial charge is 0.238 e. The predicted octanol–water partition coefficient (Wildman–Crippen LogP) is 6.57. The molecule has 39 heavy (non-hydrogen) atoms. The van der Waals surface area contributed by atoms with Gasteiger partial charge in [0.25, 0.3) is 0 Å². The van der Waals surface area contributed by atoms with Gasteiger partial charge in [0, 0.05) is 22.5 Å². The van der Waals surface area contributed by atoms with Crippen LogP contribution in [0.1, 0.15) is 43.6 Å². The standard InChI is InChI=1S/C31H20Cl2N2O4/c32-18-11-12-20(22(33)16-18)27(36)26-25(28(37)24-10-5-15-39-24)31(21-8-3-4-9-23(21)34-30(31)38)29-19-7-2-1-6-17(19)13-14-35(26)29/h1-16,25-26,29H,(H,34,38)/t25-,26+,29-,31+/m0/s1. The van der Waals surface area contributed by atoms with E-state index in [0.717, 1.165) is 11.1 Å². The van der Waals surface area contributed by atoms with Gasteiger partial charge >= 0.3 is 0 Å². The molecule has 0 radical (unpaired) electrons. The summed E-state index contributed by atoms with van der Waals surface area (Å²) in [5.74, 6) is -2.22. The van der Waals surface area contributed by atoms with Gasteiger partial charge in [0.15, 0.2) is 11.5 Å². The average Bonchev–Trinajstić information content (AvgIpc) is 3.65. The van der Waals surface area contributed by atoms with Gasteiger partial charge in [-0.1, -0.05) is 65.7 Å². The molecule has 1 spiro atoms. The van der Waals surface area contributed by atoms with Crippen molar-refractivity contribution in [2.24, 2.45) is 5.92 Å². The molecule has 1 saturated heterocycles. The Hall–Kier alpha value is -4.13. The molecule has 192 valence electrons. The number of carbonyl (C=O) groups is 3. The Balaban J connectivity index is 1.55. The van der Waals surface area contributed by atoms with E-state index in [-0.39, 0.29) is 28.0 Å². The molecule has 1 aromatic heterocycles. The Morgan fingerprint density at radius 3 is 2.51 bits per heavy atom. The van der Waals surface area contributed by atoms with Gasteiger partial charge < -0.3 is 14.6 Å². The number of furan rings is 1. The number of anilines is 1. The van der Waals surface area contributed by atoms with Crippen LogP contribution in [0.15, 0.2) is 95.7 Å². The van der Waals surface area contributed by atoms with Crippen LogP contribution in [0.4, 0.5) is 5.69 Å². The molecule has 0 unspecified atom stereocenters. The summed E-state index contributed by atoms with van der Waals surface area (Å²) >= 11 is 12.7. The Morgan fingerprint density at radius 1 is 0.923 bits per heavy atom. The lowest BCUT2D eigenvalue weighted by Crippen LogP contribution is -2.49. The molecule has 4 atom stereocenters. The number of nitrogens with zero attached hydrogens (tertiary/aromatic N) is 1. The lowest BCUT2D eigenvalue weighted by atomic mass is 9.63. The minimum absolute atomic E-state index is 0.0775. The van der Waals surface area contributed by atoms with Gasteiger partial charge in [-0.05, 0) is 59.2 Å². The van der Waals surface area contributed by atoms with E-state index in [1.807, 2.05) is 65.7 Å².